The Bertz CT molecular complexity index is 620. The smallest absolute Gasteiger partial charge is 0.416 e. The van der Waals surface area contributed by atoms with Crippen LogP contribution in [0.1, 0.15) is 40.0 Å². The molecule has 2 fully saturated rings. The lowest BCUT2D eigenvalue weighted by atomic mass is 10.1. The number of morpholine rings is 1. The third kappa shape index (κ3) is 5.20. The Morgan fingerprint density at radius 1 is 1.04 bits per heavy atom. The van der Waals surface area contributed by atoms with Gasteiger partial charge in [0.2, 0.25) is 17.7 Å². The molecule has 0 aromatic carbocycles. The van der Waals surface area contributed by atoms with E-state index < -0.39 is 5.60 Å². The van der Waals surface area contributed by atoms with Crippen molar-refractivity contribution >= 4 is 12.0 Å². The molecule has 0 bridgehead atoms. The molecule has 2 aliphatic rings. The molecule has 144 valence electrons. The first-order valence-electron chi connectivity index (χ1n) is 9.28. The average Bonchev–Trinajstić information content (AvgIpc) is 2.61. The van der Waals surface area contributed by atoms with Gasteiger partial charge in [0, 0.05) is 26.2 Å². The molecular formula is C18H28N4O4. The Hall–Kier alpha value is -2.09. The van der Waals surface area contributed by atoms with Crippen LogP contribution in [-0.4, -0.2) is 66.0 Å². The van der Waals surface area contributed by atoms with Gasteiger partial charge in [0.25, 0.3) is 0 Å². The minimum atomic E-state index is -0.412. The van der Waals surface area contributed by atoms with E-state index in [9.17, 15) is 4.79 Å². The van der Waals surface area contributed by atoms with Gasteiger partial charge >= 0.3 is 6.09 Å². The van der Waals surface area contributed by atoms with Crippen molar-refractivity contribution in [2.45, 2.75) is 45.6 Å². The Morgan fingerprint density at radius 3 is 2.35 bits per heavy atom. The lowest BCUT2D eigenvalue weighted by Gasteiger charge is -2.28. The number of carbonyl (C=O) groups is 1. The van der Waals surface area contributed by atoms with E-state index in [-0.39, 0.29) is 12.0 Å². The Balaban J connectivity index is 1.79. The Morgan fingerprint density at radius 2 is 1.69 bits per heavy atom. The summed E-state index contributed by atoms with van der Waals surface area (Å²) in [6.45, 7) is 9.93. The number of carbonyl (C=O) groups excluding carboxylic acids is 1. The van der Waals surface area contributed by atoms with Crippen LogP contribution >= 0.6 is 0 Å². The van der Waals surface area contributed by atoms with E-state index >= 15 is 0 Å². The molecule has 0 atom stereocenters. The zero-order valence-electron chi connectivity index (χ0n) is 15.9. The number of likely N-dealkylation sites (tertiary alicyclic amines) is 1. The normalized spacial score (nSPS) is 18.6. The summed E-state index contributed by atoms with van der Waals surface area (Å²) in [6, 6.07) is 1.58. The van der Waals surface area contributed by atoms with Crippen LogP contribution < -0.4 is 14.4 Å². The summed E-state index contributed by atoms with van der Waals surface area (Å²) >= 11 is 0. The van der Waals surface area contributed by atoms with Crippen molar-refractivity contribution in [3.8, 4) is 11.8 Å². The van der Waals surface area contributed by atoms with E-state index in [1.54, 1.807) is 11.0 Å². The van der Waals surface area contributed by atoms with Crippen LogP contribution in [0, 0.1) is 0 Å². The highest BCUT2D eigenvalue weighted by atomic mass is 16.6. The molecular weight excluding hydrogens is 336 g/mol. The molecule has 0 radical (unpaired) electrons. The van der Waals surface area contributed by atoms with Gasteiger partial charge in [-0.1, -0.05) is 0 Å². The van der Waals surface area contributed by atoms with Crippen molar-refractivity contribution in [2.75, 3.05) is 44.3 Å². The van der Waals surface area contributed by atoms with Crippen molar-refractivity contribution < 1.29 is 19.0 Å². The summed E-state index contributed by atoms with van der Waals surface area (Å²) in [6.07, 6.45) is 2.81. The van der Waals surface area contributed by atoms with Gasteiger partial charge in [0.05, 0.1) is 19.3 Å². The van der Waals surface area contributed by atoms with Crippen LogP contribution in [0.4, 0.5) is 10.7 Å². The van der Waals surface area contributed by atoms with Gasteiger partial charge in [-0.2, -0.15) is 9.97 Å². The molecule has 26 heavy (non-hydrogen) atoms. The number of hydrogen-bond acceptors (Lipinski definition) is 7. The van der Waals surface area contributed by atoms with Gasteiger partial charge in [-0.05, 0) is 40.0 Å². The zero-order chi connectivity index (χ0) is 18.6. The summed E-state index contributed by atoms with van der Waals surface area (Å²) in [7, 11) is 0. The predicted octanol–water partition coefficient (Wildman–Crippen LogP) is 2.48. The van der Waals surface area contributed by atoms with E-state index in [1.165, 1.54) is 0 Å². The quantitative estimate of drug-likeness (QED) is 0.815. The molecule has 1 aromatic rings. The fourth-order valence-corrected chi connectivity index (χ4v) is 2.95. The summed E-state index contributed by atoms with van der Waals surface area (Å²) in [5.74, 6) is 1.11. The second-order valence-corrected chi connectivity index (χ2v) is 7.57. The van der Waals surface area contributed by atoms with Crippen LogP contribution in [0.3, 0.4) is 0 Å². The number of ether oxygens (including phenoxy) is 3. The molecule has 0 spiro atoms. The fraction of sp³-hybridized carbons (Fsp3) is 0.722. The van der Waals surface area contributed by atoms with E-state index in [4.69, 9.17) is 14.2 Å². The van der Waals surface area contributed by atoms with Crippen LogP contribution in [-0.2, 0) is 4.74 Å². The first kappa shape index (κ1) is 18.7. The van der Waals surface area contributed by atoms with Gasteiger partial charge < -0.3 is 24.0 Å². The number of amides is 1. The van der Waals surface area contributed by atoms with Crippen molar-refractivity contribution in [3.63, 3.8) is 0 Å². The highest BCUT2D eigenvalue weighted by Gasteiger charge is 2.23. The Labute approximate surface area is 154 Å². The summed E-state index contributed by atoms with van der Waals surface area (Å²) < 4.78 is 16.8. The fourth-order valence-electron chi connectivity index (χ4n) is 2.95. The van der Waals surface area contributed by atoms with Gasteiger partial charge in [-0.25, -0.2) is 4.79 Å². The maximum Gasteiger partial charge on any atom is 0.416 e. The molecule has 3 rings (SSSR count). The van der Waals surface area contributed by atoms with Gasteiger partial charge in [-0.15, -0.1) is 0 Å². The summed E-state index contributed by atoms with van der Waals surface area (Å²) in [5.41, 5.74) is -0.412. The number of anilines is 1. The topological polar surface area (TPSA) is 77.0 Å². The number of piperidine rings is 1. The van der Waals surface area contributed by atoms with Crippen LogP contribution in [0.25, 0.3) is 0 Å². The highest BCUT2D eigenvalue weighted by molar-refractivity contribution is 5.70. The van der Waals surface area contributed by atoms with Crippen LogP contribution in [0.15, 0.2) is 6.07 Å². The van der Waals surface area contributed by atoms with Gasteiger partial charge in [0.1, 0.15) is 5.60 Å². The third-order valence-corrected chi connectivity index (χ3v) is 4.18. The minimum absolute atomic E-state index is 0.219. The zero-order valence-corrected chi connectivity index (χ0v) is 15.9. The Kier molecular flexibility index (Phi) is 5.80. The van der Waals surface area contributed by atoms with Crippen molar-refractivity contribution in [1.82, 2.24) is 14.9 Å². The van der Waals surface area contributed by atoms with Crippen LogP contribution in [0.5, 0.6) is 11.8 Å². The lowest BCUT2D eigenvalue weighted by molar-refractivity contribution is 0.117. The van der Waals surface area contributed by atoms with Crippen molar-refractivity contribution in [1.29, 1.82) is 0 Å². The molecule has 3 heterocycles. The molecule has 0 saturated carbocycles. The average molecular weight is 364 g/mol. The SMILES string of the molecule is CC(C)(C)Oc1cc(OC(=O)N2CCCCC2)nc(N2CCOCC2)n1. The second kappa shape index (κ2) is 8.07. The van der Waals surface area contributed by atoms with Gasteiger partial charge in [0.15, 0.2) is 0 Å². The van der Waals surface area contributed by atoms with E-state index in [2.05, 4.69) is 9.97 Å². The maximum atomic E-state index is 12.4. The van der Waals surface area contributed by atoms with E-state index in [1.807, 2.05) is 25.7 Å². The number of rotatable bonds is 3. The first-order chi connectivity index (χ1) is 12.4. The monoisotopic (exact) mass is 364 g/mol. The van der Waals surface area contributed by atoms with Gasteiger partial charge in [-0.3, -0.25) is 0 Å². The standard InChI is InChI=1S/C18H28N4O4/c1-18(2,3)26-15-13-14(25-17(23)22-7-5-4-6-8-22)19-16(20-15)21-9-11-24-12-10-21/h13H,4-12H2,1-3H3. The summed E-state index contributed by atoms with van der Waals surface area (Å²) in [5, 5.41) is 0. The molecule has 8 nitrogen and oxygen atoms in total. The molecule has 0 aliphatic carbocycles. The predicted molar refractivity (Wildman–Crippen MR) is 96.9 cm³/mol. The molecule has 8 heteroatoms. The first-order valence-corrected chi connectivity index (χ1v) is 9.28. The van der Waals surface area contributed by atoms with Crippen molar-refractivity contribution in [2.24, 2.45) is 0 Å². The molecule has 2 saturated heterocycles. The minimum Gasteiger partial charge on any atom is -0.472 e. The van der Waals surface area contributed by atoms with Crippen LogP contribution in [0.2, 0.25) is 0 Å². The third-order valence-electron chi connectivity index (χ3n) is 4.18. The highest BCUT2D eigenvalue weighted by Crippen LogP contribution is 2.25. The number of aromatic nitrogens is 2. The molecule has 0 unspecified atom stereocenters. The molecule has 1 aromatic heterocycles. The van der Waals surface area contributed by atoms with E-state index in [0.717, 1.165) is 32.4 Å². The number of hydrogen-bond donors (Lipinski definition) is 0. The van der Waals surface area contributed by atoms with E-state index in [0.29, 0.717) is 38.1 Å². The lowest BCUT2D eigenvalue weighted by Crippen LogP contribution is -2.39. The second-order valence-electron chi connectivity index (χ2n) is 7.57. The largest absolute Gasteiger partial charge is 0.472 e. The molecule has 1 amide bonds. The number of nitrogens with zero attached hydrogens (tertiary/aromatic N) is 4. The molecule has 2 aliphatic heterocycles. The molecule has 0 N–H and O–H groups in total. The van der Waals surface area contributed by atoms with Crippen molar-refractivity contribution in [3.05, 3.63) is 6.07 Å². The maximum absolute atomic E-state index is 12.4. The summed E-state index contributed by atoms with van der Waals surface area (Å²) in [4.78, 5) is 25.1.